The van der Waals surface area contributed by atoms with Gasteiger partial charge in [0.2, 0.25) is 5.91 Å². The summed E-state index contributed by atoms with van der Waals surface area (Å²) in [7, 11) is 0. The van der Waals surface area contributed by atoms with Crippen molar-refractivity contribution < 1.29 is 19.1 Å². The van der Waals surface area contributed by atoms with Gasteiger partial charge in [-0.1, -0.05) is 44.2 Å². The zero-order valence-electron chi connectivity index (χ0n) is 21.5. The first kappa shape index (κ1) is 27.7. The summed E-state index contributed by atoms with van der Waals surface area (Å²) in [5.41, 5.74) is 13.1. The molecule has 0 aliphatic rings. The molecule has 10 heteroatoms. The number of aryl methyl sites for hydroxylation is 1. The van der Waals surface area contributed by atoms with Gasteiger partial charge in [0.05, 0.1) is 12.3 Å². The Balaban J connectivity index is 2.16. The Morgan fingerprint density at radius 2 is 1.78 bits per heavy atom. The molecule has 3 rings (SSSR count). The zero-order valence-corrected chi connectivity index (χ0v) is 22.3. The number of carbonyl (C=O) groups excluding carboxylic acids is 3. The summed E-state index contributed by atoms with van der Waals surface area (Å²) in [4.78, 5) is 41.0. The van der Waals surface area contributed by atoms with Crippen LogP contribution >= 0.6 is 11.5 Å². The van der Waals surface area contributed by atoms with Crippen LogP contribution in [0.5, 0.6) is 5.75 Å². The molecule has 37 heavy (non-hydrogen) atoms. The predicted molar refractivity (Wildman–Crippen MR) is 146 cm³/mol. The maximum Gasteiger partial charge on any atom is 0.273 e. The van der Waals surface area contributed by atoms with Crippen LogP contribution in [0.4, 0.5) is 11.4 Å². The molecule has 0 aliphatic heterocycles. The number of carbonyl (C=O) groups is 3. The molecule has 196 valence electrons. The summed E-state index contributed by atoms with van der Waals surface area (Å²) in [6.07, 6.45) is 0.782. The number of hydrogen-bond acceptors (Lipinski definition) is 7. The highest BCUT2D eigenvalue weighted by Gasteiger charge is 2.36. The molecule has 1 heterocycles. The van der Waals surface area contributed by atoms with Gasteiger partial charge in [0.25, 0.3) is 11.8 Å². The first-order valence-corrected chi connectivity index (χ1v) is 12.9. The first-order chi connectivity index (χ1) is 17.6. The minimum absolute atomic E-state index is 0.0305. The van der Waals surface area contributed by atoms with E-state index in [1.165, 1.54) is 4.90 Å². The molecular weight excluding hydrogens is 490 g/mol. The highest BCUT2D eigenvalue weighted by molar-refractivity contribution is 7.09. The Morgan fingerprint density at radius 3 is 2.35 bits per heavy atom. The van der Waals surface area contributed by atoms with Crippen molar-refractivity contribution in [1.82, 2.24) is 9.69 Å². The molecule has 9 nitrogen and oxygen atoms in total. The van der Waals surface area contributed by atoms with Gasteiger partial charge in [-0.15, -0.1) is 0 Å². The van der Waals surface area contributed by atoms with Crippen LogP contribution in [0.15, 0.2) is 48.5 Å². The van der Waals surface area contributed by atoms with Crippen molar-refractivity contribution in [2.45, 2.75) is 40.2 Å². The number of amides is 3. The largest absolute Gasteiger partial charge is 0.494 e. The van der Waals surface area contributed by atoms with Gasteiger partial charge in [0.1, 0.15) is 16.7 Å². The van der Waals surface area contributed by atoms with Crippen LogP contribution in [0.2, 0.25) is 0 Å². The summed E-state index contributed by atoms with van der Waals surface area (Å²) in [6, 6.07) is 13.3. The summed E-state index contributed by atoms with van der Waals surface area (Å²) in [5, 5.41) is 2.98. The van der Waals surface area contributed by atoms with Crippen LogP contribution in [-0.2, 0) is 4.79 Å². The molecule has 0 saturated carbocycles. The Labute approximate surface area is 221 Å². The van der Waals surface area contributed by atoms with Gasteiger partial charge in [0, 0.05) is 12.2 Å². The van der Waals surface area contributed by atoms with Gasteiger partial charge >= 0.3 is 0 Å². The van der Waals surface area contributed by atoms with E-state index in [-0.39, 0.29) is 22.2 Å². The third kappa shape index (κ3) is 6.45. The molecule has 0 bridgehead atoms. The number of nitrogen functional groups attached to an aromatic ring is 1. The monoisotopic (exact) mass is 523 g/mol. The highest BCUT2D eigenvalue weighted by atomic mass is 32.1. The summed E-state index contributed by atoms with van der Waals surface area (Å²) < 4.78 is 9.56. The fourth-order valence-electron chi connectivity index (χ4n) is 3.85. The molecule has 0 fully saturated rings. The Morgan fingerprint density at radius 1 is 1.11 bits per heavy atom. The van der Waals surface area contributed by atoms with Gasteiger partial charge in [-0.2, -0.15) is 4.37 Å². The van der Waals surface area contributed by atoms with Crippen molar-refractivity contribution in [3.63, 3.8) is 0 Å². The maximum atomic E-state index is 14.1. The molecule has 3 aromatic rings. The lowest BCUT2D eigenvalue weighted by Crippen LogP contribution is -2.44. The zero-order chi connectivity index (χ0) is 27.1. The van der Waals surface area contributed by atoms with Crippen LogP contribution in [0.25, 0.3) is 0 Å². The summed E-state index contributed by atoms with van der Waals surface area (Å²) in [6.45, 7) is 8.83. The third-order valence-corrected chi connectivity index (χ3v) is 6.63. The van der Waals surface area contributed by atoms with E-state index in [9.17, 15) is 14.4 Å². The van der Waals surface area contributed by atoms with Crippen molar-refractivity contribution in [2.24, 2.45) is 11.7 Å². The average molecular weight is 524 g/mol. The molecule has 2 aromatic carbocycles. The number of anilines is 2. The molecule has 0 unspecified atom stereocenters. The van der Waals surface area contributed by atoms with Crippen LogP contribution < -0.4 is 26.4 Å². The summed E-state index contributed by atoms with van der Waals surface area (Å²) in [5.74, 6) is -0.696. The number of hydrogen-bond donors (Lipinski definition) is 3. The fourth-order valence-corrected chi connectivity index (χ4v) is 4.59. The molecule has 1 aromatic heterocycles. The number of rotatable bonds is 11. The molecule has 0 radical (unpaired) electrons. The minimum atomic E-state index is -1.03. The van der Waals surface area contributed by atoms with E-state index in [0.29, 0.717) is 36.1 Å². The van der Waals surface area contributed by atoms with E-state index in [1.807, 2.05) is 26.0 Å². The Kier molecular flexibility index (Phi) is 9.24. The first-order valence-electron chi connectivity index (χ1n) is 12.1. The van der Waals surface area contributed by atoms with Crippen molar-refractivity contribution in [1.29, 1.82) is 0 Å². The topological polar surface area (TPSA) is 141 Å². The van der Waals surface area contributed by atoms with Crippen LogP contribution in [0.1, 0.15) is 64.5 Å². The minimum Gasteiger partial charge on any atom is -0.494 e. The number of benzene rings is 2. The molecule has 0 spiro atoms. The molecule has 1 atom stereocenters. The lowest BCUT2D eigenvalue weighted by atomic mass is 10.0. The van der Waals surface area contributed by atoms with Crippen LogP contribution in [-0.4, -0.2) is 35.2 Å². The maximum absolute atomic E-state index is 14.1. The Bertz CT molecular complexity index is 1260. The number of primary amides is 1. The normalized spacial score (nSPS) is 11.7. The number of ether oxygens (including phenoxy) is 1. The van der Waals surface area contributed by atoms with Crippen molar-refractivity contribution in [3.05, 3.63) is 70.2 Å². The molecule has 0 saturated heterocycles. The molecule has 5 N–H and O–H groups in total. The van der Waals surface area contributed by atoms with E-state index < -0.39 is 17.9 Å². The van der Waals surface area contributed by atoms with Gasteiger partial charge < -0.3 is 21.5 Å². The highest BCUT2D eigenvalue weighted by Crippen LogP contribution is 2.35. The quantitative estimate of drug-likeness (QED) is 0.346. The number of para-hydroxylation sites is 1. The van der Waals surface area contributed by atoms with E-state index in [1.54, 1.807) is 36.4 Å². The summed E-state index contributed by atoms with van der Waals surface area (Å²) >= 11 is 0.778. The fraction of sp³-hybridized carbons (Fsp3) is 0.333. The van der Waals surface area contributed by atoms with Crippen molar-refractivity contribution >= 4 is 40.6 Å². The SMILES string of the molecule is CCOc1ccc([C@@H](C(=O)NCCC(C)C)N(C(=O)c2snc(C(N)=O)c2N)c2ccccc2C)cc1. The van der Waals surface area contributed by atoms with Crippen molar-refractivity contribution in [2.75, 3.05) is 23.8 Å². The lowest BCUT2D eigenvalue weighted by Gasteiger charge is -2.32. The standard InChI is InChI=1S/C27H33N5O4S/c1-5-36-19-12-10-18(11-13-19)23(26(34)30-15-14-16(2)3)32(20-9-7-6-8-17(20)4)27(35)24-21(28)22(25(29)33)31-37-24/h6-13,16,23H,5,14-15,28H2,1-4H3,(H2,29,33)(H,30,34)/t23-/m0/s1. The molecule has 3 amide bonds. The van der Waals surface area contributed by atoms with Gasteiger partial charge in [0.15, 0.2) is 5.69 Å². The van der Waals surface area contributed by atoms with E-state index in [2.05, 4.69) is 23.5 Å². The number of nitrogens with one attached hydrogen (secondary N) is 1. The van der Waals surface area contributed by atoms with Gasteiger partial charge in [-0.3, -0.25) is 19.3 Å². The third-order valence-electron chi connectivity index (χ3n) is 5.78. The molecule has 0 aliphatic carbocycles. The second kappa shape index (κ2) is 12.4. The second-order valence-electron chi connectivity index (χ2n) is 8.98. The van der Waals surface area contributed by atoms with E-state index >= 15 is 0 Å². The molecular formula is C27H33N5O4S. The number of nitrogens with two attached hydrogens (primary N) is 2. The van der Waals surface area contributed by atoms with Crippen molar-refractivity contribution in [3.8, 4) is 5.75 Å². The predicted octanol–water partition coefficient (Wildman–Crippen LogP) is 4.08. The lowest BCUT2D eigenvalue weighted by molar-refractivity contribution is -0.122. The smallest absolute Gasteiger partial charge is 0.273 e. The van der Waals surface area contributed by atoms with E-state index in [4.69, 9.17) is 16.2 Å². The number of aromatic nitrogens is 1. The van der Waals surface area contributed by atoms with Gasteiger partial charge in [-0.05, 0) is 67.0 Å². The second-order valence-corrected chi connectivity index (χ2v) is 9.75. The van der Waals surface area contributed by atoms with Crippen LogP contribution in [0.3, 0.4) is 0 Å². The average Bonchev–Trinajstić information content (AvgIpc) is 3.25. The number of nitrogens with zero attached hydrogens (tertiary/aromatic N) is 2. The van der Waals surface area contributed by atoms with Crippen LogP contribution in [0, 0.1) is 12.8 Å². The van der Waals surface area contributed by atoms with Gasteiger partial charge in [-0.25, -0.2) is 0 Å². The van der Waals surface area contributed by atoms with E-state index in [0.717, 1.165) is 23.5 Å². The Hall–Kier alpha value is -3.92.